The van der Waals surface area contributed by atoms with Gasteiger partial charge in [-0.3, -0.25) is 9.29 Å². The summed E-state index contributed by atoms with van der Waals surface area (Å²) in [5.74, 6) is 0.285. The molecule has 1 heterocycles. The standard InChI is InChI=1S/C35H34N2O2S/c1-26-21-23-30(24-22-26)40(38,39)37(25-27-13-5-2-6-14-27)35-31-19-11-12-20-32(31)36-34(29-17-9-4-10-18-29)33(35)28-15-7-3-8-16-28/h2-3,5-8,11-16,19-24,29H,4,9-10,17-18,25H2,1H3. The molecular formula is C35H34N2O2S. The second-order valence-electron chi connectivity index (χ2n) is 10.7. The van der Waals surface area contributed by atoms with E-state index in [4.69, 9.17) is 4.98 Å². The van der Waals surface area contributed by atoms with Gasteiger partial charge in [-0.05, 0) is 49.1 Å². The maximum atomic E-state index is 14.7. The monoisotopic (exact) mass is 546 g/mol. The van der Waals surface area contributed by atoms with Gasteiger partial charge in [-0.2, -0.15) is 0 Å². The number of aromatic nitrogens is 1. The highest BCUT2D eigenvalue weighted by molar-refractivity contribution is 7.92. The Kier molecular flexibility index (Phi) is 7.40. The van der Waals surface area contributed by atoms with Crippen molar-refractivity contribution < 1.29 is 8.42 Å². The largest absolute Gasteiger partial charge is 0.264 e. The number of anilines is 1. The SMILES string of the molecule is Cc1ccc(S(=O)(=O)N(Cc2ccccc2)c2c(-c3ccccc3)c(C3CCCCC3)nc3ccccc23)cc1. The van der Waals surface area contributed by atoms with Gasteiger partial charge in [-0.1, -0.05) is 116 Å². The summed E-state index contributed by atoms with van der Waals surface area (Å²) in [7, 11) is -3.93. The van der Waals surface area contributed by atoms with Gasteiger partial charge in [0.1, 0.15) is 0 Å². The highest BCUT2D eigenvalue weighted by Crippen LogP contribution is 2.46. The number of pyridine rings is 1. The summed E-state index contributed by atoms with van der Waals surface area (Å²) in [6, 6.07) is 35.2. The summed E-state index contributed by atoms with van der Waals surface area (Å²) in [4.78, 5) is 5.56. The summed E-state index contributed by atoms with van der Waals surface area (Å²) in [5.41, 5.74) is 6.42. The Balaban J connectivity index is 1.69. The predicted octanol–water partition coefficient (Wildman–Crippen LogP) is 8.65. The molecule has 4 aromatic carbocycles. The van der Waals surface area contributed by atoms with Crippen LogP contribution in [0.25, 0.3) is 22.0 Å². The number of benzene rings is 4. The van der Waals surface area contributed by atoms with Gasteiger partial charge >= 0.3 is 0 Å². The molecule has 0 radical (unpaired) electrons. The van der Waals surface area contributed by atoms with Gasteiger partial charge < -0.3 is 0 Å². The van der Waals surface area contributed by atoms with Crippen molar-refractivity contribution in [2.45, 2.75) is 56.4 Å². The van der Waals surface area contributed by atoms with Gasteiger partial charge in [0.2, 0.25) is 0 Å². The fourth-order valence-electron chi connectivity index (χ4n) is 5.90. The van der Waals surface area contributed by atoms with Gasteiger partial charge in [-0.25, -0.2) is 8.42 Å². The summed E-state index contributed by atoms with van der Waals surface area (Å²) < 4.78 is 31.0. The molecule has 0 spiro atoms. The van der Waals surface area contributed by atoms with Crippen molar-refractivity contribution in [2.24, 2.45) is 0 Å². The van der Waals surface area contributed by atoms with Crippen LogP contribution in [-0.2, 0) is 16.6 Å². The van der Waals surface area contributed by atoms with Crippen molar-refractivity contribution >= 4 is 26.6 Å². The molecule has 6 rings (SSSR count). The molecule has 0 saturated heterocycles. The van der Waals surface area contributed by atoms with Crippen molar-refractivity contribution in [1.82, 2.24) is 4.98 Å². The fraction of sp³-hybridized carbons (Fsp3) is 0.229. The Morgan fingerprint density at radius 1 is 0.750 bits per heavy atom. The van der Waals surface area contributed by atoms with Crippen LogP contribution in [0.5, 0.6) is 0 Å². The molecule has 0 amide bonds. The average molecular weight is 547 g/mol. The topological polar surface area (TPSA) is 50.3 Å². The molecule has 5 aromatic rings. The number of para-hydroxylation sites is 1. The Morgan fingerprint density at radius 2 is 1.38 bits per heavy atom. The van der Waals surface area contributed by atoms with Crippen LogP contribution in [0.4, 0.5) is 5.69 Å². The van der Waals surface area contributed by atoms with E-state index in [1.807, 2.05) is 91.9 Å². The third-order valence-electron chi connectivity index (χ3n) is 7.97. The van der Waals surface area contributed by atoms with E-state index in [0.29, 0.717) is 5.69 Å². The lowest BCUT2D eigenvalue weighted by Gasteiger charge is -2.32. The molecule has 1 fully saturated rings. The molecule has 40 heavy (non-hydrogen) atoms. The number of sulfonamides is 1. The second kappa shape index (κ2) is 11.3. The summed E-state index contributed by atoms with van der Waals surface area (Å²) >= 11 is 0. The zero-order valence-electron chi connectivity index (χ0n) is 22.8. The summed E-state index contributed by atoms with van der Waals surface area (Å²) in [6.45, 7) is 2.19. The van der Waals surface area contributed by atoms with Crippen LogP contribution in [0.1, 0.15) is 54.8 Å². The molecule has 0 bridgehead atoms. The van der Waals surface area contributed by atoms with E-state index in [0.717, 1.165) is 64.5 Å². The van der Waals surface area contributed by atoms with Crippen LogP contribution in [0.3, 0.4) is 0 Å². The van der Waals surface area contributed by atoms with Crippen molar-refractivity contribution in [3.05, 3.63) is 126 Å². The first-order valence-electron chi connectivity index (χ1n) is 14.1. The minimum atomic E-state index is -3.93. The zero-order chi connectivity index (χ0) is 27.5. The number of fused-ring (bicyclic) bond motifs is 1. The van der Waals surface area contributed by atoms with Gasteiger partial charge in [-0.15, -0.1) is 0 Å². The second-order valence-corrected chi connectivity index (χ2v) is 12.6. The molecule has 0 N–H and O–H groups in total. The molecule has 1 aliphatic rings. The van der Waals surface area contributed by atoms with Gasteiger partial charge in [0.25, 0.3) is 10.0 Å². The third-order valence-corrected chi connectivity index (χ3v) is 9.73. The Labute approximate surface area is 237 Å². The van der Waals surface area contributed by atoms with E-state index in [-0.39, 0.29) is 17.4 Å². The molecule has 1 saturated carbocycles. The number of rotatable bonds is 7. The van der Waals surface area contributed by atoms with Crippen LogP contribution >= 0.6 is 0 Å². The Morgan fingerprint density at radius 3 is 2.08 bits per heavy atom. The Bertz CT molecular complexity index is 1710. The van der Waals surface area contributed by atoms with Crippen LogP contribution in [0.2, 0.25) is 0 Å². The predicted molar refractivity (Wildman–Crippen MR) is 164 cm³/mol. The molecule has 0 unspecified atom stereocenters. The van der Waals surface area contributed by atoms with Gasteiger partial charge in [0.15, 0.2) is 0 Å². The maximum absolute atomic E-state index is 14.7. The molecule has 0 aliphatic heterocycles. The van der Waals surface area contributed by atoms with Gasteiger partial charge in [0.05, 0.1) is 28.3 Å². The quantitative estimate of drug-likeness (QED) is 0.205. The highest BCUT2D eigenvalue weighted by atomic mass is 32.2. The van der Waals surface area contributed by atoms with Crippen LogP contribution in [0, 0.1) is 6.92 Å². The first kappa shape index (κ1) is 26.3. The molecule has 4 nitrogen and oxygen atoms in total. The van der Waals surface area contributed by atoms with E-state index in [9.17, 15) is 8.42 Å². The summed E-state index contributed by atoms with van der Waals surface area (Å²) in [5, 5.41) is 0.840. The van der Waals surface area contributed by atoms with E-state index in [1.54, 1.807) is 16.4 Å². The maximum Gasteiger partial charge on any atom is 0.264 e. The van der Waals surface area contributed by atoms with Crippen molar-refractivity contribution in [3.8, 4) is 11.1 Å². The van der Waals surface area contributed by atoms with E-state index in [1.165, 1.54) is 6.42 Å². The minimum absolute atomic E-state index is 0.217. The lowest BCUT2D eigenvalue weighted by molar-refractivity contribution is 0.438. The van der Waals surface area contributed by atoms with E-state index < -0.39 is 10.0 Å². The average Bonchev–Trinajstić information content (AvgIpc) is 3.00. The van der Waals surface area contributed by atoms with Gasteiger partial charge in [0, 0.05) is 16.9 Å². The van der Waals surface area contributed by atoms with Crippen molar-refractivity contribution in [2.75, 3.05) is 4.31 Å². The van der Waals surface area contributed by atoms with E-state index in [2.05, 4.69) is 12.1 Å². The smallest absolute Gasteiger partial charge is 0.261 e. The Hall–Kier alpha value is -3.96. The number of aryl methyl sites for hydroxylation is 1. The van der Waals surface area contributed by atoms with Crippen LogP contribution in [0.15, 0.2) is 114 Å². The number of hydrogen-bond donors (Lipinski definition) is 0. The van der Waals surface area contributed by atoms with Crippen molar-refractivity contribution in [1.29, 1.82) is 0 Å². The lowest BCUT2D eigenvalue weighted by atomic mass is 9.82. The zero-order valence-corrected chi connectivity index (χ0v) is 23.6. The first-order chi connectivity index (χ1) is 19.5. The number of nitrogens with zero attached hydrogens (tertiary/aromatic N) is 2. The lowest BCUT2D eigenvalue weighted by Crippen LogP contribution is -2.32. The van der Waals surface area contributed by atoms with Crippen LogP contribution in [-0.4, -0.2) is 13.4 Å². The number of hydrogen-bond acceptors (Lipinski definition) is 3. The molecule has 0 atom stereocenters. The fourth-order valence-corrected chi connectivity index (χ4v) is 7.39. The molecular weight excluding hydrogens is 512 g/mol. The minimum Gasteiger partial charge on any atom is -0.261 e. The van der Waals surface area contributed by atoms with Crippen LogP contribution < -0.4 is 4.31 Å². The summed E-state index contributed by atoms with van der Waals surface area (Å²) in [6.07, 6.45) is 5.69. The molecule has 1 aromatic heterocycles. The molecule has 1 aliphatic carbocycles. The normalized spacial score (nSPS) is 14.3. The molecule has 202 valence electrons. The third kappa shape index (κ3) is 5.14. The highest BCUT2D eigenvalue weighted by Gasteiger charge is 2.33. The van der Waals surface area contributed by atoms with E-state index >= 15 is 0 Å². The molecule has 5 heteroatoms. The first-order valence-corrected chi connectivity index (χ1v) is 15.6. The van der Waals surface area contributed by atoms with Crippen molar-refractivity contribution in [3.63, 3.8) is 0 Å².